The maximum absolute atomic E-state index is 11.7. The maximum Gasteiger partial charge on any atom is 0.252 e. The molecule has 0 spiro atoms. The second kappa shape index (κ2) is 5.25. The maximum atomic E-state index is 11.7. The number of nitrogens with zero attached hydrogens (tertiary/aromatic N) is 1. The fourth-order valence-corrected chi connectivity index (χ4v) is 3.93. The molecule has 2 aromatic rings. The minimum absolute atomic E-state index is 0.386. The number of primary amides is 1. The summed E-state index contributed by atoms with van der Waals surface area (Å²) in [6.07, 6.45) is 6.26. The van der Waals surface area contributed by atoms with E-state index in [1.165, 1.54) is 4.88 Å². The van der Waals surface area contributed by atoms with E-state index in [-0.39, 0.29) is 5.91 Å². The highest BCUT2D eigenvalue weighted by atomic mass is 32.1. The number of carbonyl (C=O) groups is 1. The largest absolute Gasteiger partial charge is 0.463 e. The Morgan fingerprint density at radius 3 is 3.15 bits per heavy atom. The number of amides is 1. The van der Waals surface area contributed by atoms with Crippen LogP contribution in [0.5, 0.6) is 0 Å². The monoisotopic (exact) mass is 288 g/mol. The molecule has 2 aromatic heterocycles. The van der Waals surface area contributed by atoms with Crippen molar-refractivity contribution in [3.05, 3.63) is 40.2 Å². The number of fused-ring (bicyclic) bond motifs is 1. The molecule has 0 fully saturated rings. The van der Waals surface area contributed by atoms with Crippen LogP contribution in [-0.2, 0) is 12.8 Å². The van der Waals surface area contributed by atoms with Crippen molar-refractivity contribution in [2.24, 2.45) is 16.6 Å². The van der Waals surface area contributed by atoms with Crippen LogP contribution in [0.15, 0.2) is 27.8 Å². The fourth-order valence-electron chi connectivity index (χ4n) is 2.57. The zero-order valence-corrected chi connectivity index (χ0v) is 12.1. The first-order valence-corrected chi connectivity index (χ1v) is 7.48. The van der Waals surface area contributed by atoms with Crippen molar-refractivity contribution < 1.29 is 9.21 Å². The molecule has 20 heavy (non-hydrogen) atoms. The Balaban J connectivity index is 2.00. The molecular formula is C15H16N2O2S. The van der Waals surface area contributed by atoms with Crippen LogP contribution >= 0.6 is 11.3 Å². The van der Waals surface area contributed by atoms with Gasteiger partial charge in [0, 0.05) is 4.88 Å². The SMILES string of the molecule is CC1CCc2c(sc(N=Cc3ccco3)c2C(N)=O)C1. The minimum Gasteiger partial charge on any atom is -0.463 e. The Morgan fingerprint density at radius 2 is 2.45 bits per heavy atom. The molecule has 0 saturated heterocycles. The normalized spacial score (nSPS) is 18.4. The smallest absolute Gasteiger partial charge is 0.252 e. The zero-order valence-electron chi connectivity index (χ0n) is 11.3. The molecule has 104 valence electrons. The summed E-state index contributed by atoms with van der Waals surface area (Å²) in [4.78, 5) is 17.4. The minimum atomic E-state index is -0.386. The highest BCUT2D eigenvalue weighted by molar-refractivity contribution is 7.16. The second-order valence-corrected chi connectivity index (χ2v) is 6.25. The standard InChI is InChI=1S/C15H16N2O2S/c1-9-4-5-11-12(7-9)20-15(13(11)14(16)18)17-8-10-3-2-6-19-10/h2-3,6,8-9H,4-5,7H2,1H3,(H2,16,18). The molecular weight excluding hydrogens is 272 g/mol. The van der Waals surface area contributed by atoms with Crippen LogP contribution in [0.4, 0.5) is 5.00 Å². The zero-order chi connectivity index (χ0) is 14.1. The number of hydrogen-bond acceptors (Lipinski definition) is 4. The predicted molar refractivity (Wildman–Crippen MR) is 80.0 cm³/mol. The number of nitrogens with two attached hydrogens (primary N) is 1. The summed E-state index contributed by atoms with van der Waals surface area (Å²) in [5.41, 5.74) is 7.24. The Morgan fingerprint density at radius 1 is 1.60 bits per heavy atom. The van der Waals surface area contributed by atoms with Gasteiger partial charge >= 0.3 is 0 Å². The molecule has 0 radical (unpaired) electrons. The number of rotatable bonds is 3. The van der Waals surface area contributed by atoms with Crippen molar-refractivity contribution in [2.75, 3.05) is 0 Å². The molecule has 3 rings (SSSR count). The van der Waals surface area contributed by atoms with Crippen LogP contribution in [0.25, 0.3) is 0 Å². The van der Waals surface area contributed by atoms with E-state index in [2.05, 4.69) is 11.9 Å². The van der Waals surface area contributed by atoms with Gasteiger partial charge in [-0.05, 0) is 42.9 Å². The lowest BCUT2D eigenvalue weighted by Crippen LogP contribution is -2.16. The number of carbonyl (C=O) groups excluding carboxylic acids is 1. The van der Waals surface area contributed by atoms with Crippen LogP contribution in [0, 0.1) is 5.92 Å². The molecule has 0 saturated carbocycles. The van der Waals surface area contributed by atoms with Crippen LogP contribution in [0.3, 0.4) is 0 Å². The van der Waals surface area contributed by atoms with Gasteiger partial charge in [0.25, 0.3) is 5.91 Å². The van der Waals surface area contributed by atoms with E-state index in [1.54, 1.807) is 29.9 Å². The molecule has 1 aliphatic rings. The average Bonchev–Trinajstić information content (AvgIpc) is 3.02. The first kappa shape index (κ1) is 13.1. The number of aliphatic imine (C=N–C) groups is 1. The van der Waals surface area contributed by atoms with Gasteiger partial charge in [0.2, 0.25) is 0 Å². The highest BCUT2D eigenvalue weighted by Gasteiger charge is 2.26. The van der Waals surface area contributed by atoms with E-state index in [0.29, 0.717) is 22.2 Å². The van der Waals surface area contributed by atoms with Gasteiger partial charge in [-0.2, -0.15) is 0 Å². The Labute approximate surface area is 121 Å². The van der Waals surface area contributed by atoms with E-state index < -0.39 is 0 Å². The van der Waals surface area contributed by atoms with Gasteiger partial charge in [-0.25, -0.2) is 4.99 Å². The van der Waals surface area contributed by atoms with E-state index in [9.17, 15) is 4.79 Å². The molecule has 0 bridgehead atoms. The van der Waals surface area contributed by atoms with Gasteiger partial charge < -0.3 is 10.2 Å². The van der Waals surface area contributed by atoms with Crippen molar-refractivity contribution in [1.29, 1.82) is 0 Å². The Kier molecular flexibility index (Phi) is 3.44. The van der Waals surface area contributed by atoms with Gasteiger partial charge in [-0.3, -0.25) is 4.79 Å². The average molecular weight is 288 g/mol. The summed E-state index contributed by atoms with van der Waals surface area (Å²) >= 11 is 1.58. The first-order chi connectivity index (χ1) is 9.65. The number of hydrogen-bond donors (Lipinski definition) is 1. The first-order valence-electron chi connectivity index (χ1n) is 6.67. The van der Waals surface area contributed by atoms with Gasteiger partial charge in [-0.1, -0.05) is 6.92 Å². The molecule has 1 unspecified atom stereocenters. The van der Waals surface area contributed by atoms with Crippen molar-refractivity contribution in [3.63, 3.8) is 0 Å². The third-order valence-corrected chi connectivity index (χ3v) is 4.75. The highest BCUT2D eigenvalue weighted by Crippen LogP contribution is 2.40. The summed E-state index contributed by atoms with van der Waals surface area (Å²) in [5.74, 6) is 0.938. The summed E-state index contributed by atoms with van der Waals surface area (Å²) in [6.45, 7) is 2.23. The number of furan rings is 1. The van der Waals surface area contributed by atoms with Crippen molar-refractivity contribution in [2.45, 2.75) is 26.2 Å². The molecule has 1 atom stereocenters. The van der Waals surface area contributed by atoms with Crippen LogP contribution in [-0.4, -0.2) is 12.1 Å². The lowest BCUT2D eigenvalue weighted by Gasteiger charge is -2.18. The molecule has 0 aromatic carbocycles. The summed E-state index contributed by atoms with van der Waals surface area (Å²) in [7, 11) is 0. The van der Waals surface area contributed by atoms with Crippen LogP contribution in [0.2, 0.25) is 0 Å². The summed E-state index contributed by atoms with van der Waals surface area (Å²) < 4.78 is 5.21. The lowest BCUT2D eigenvalue weighted by molar-refractivity contribution is 0.1000. The van der Waals surface area contributed by atoms with E-state index >= 15 is 0 Å². The topological polar surface area (TPSA) is 68.6 Å². The van der Waals surface area contributed by atoms with Gasteiger partial charge in [0.15, 0.2) is 0 Å². The fraction of sp³-hybridized carbons (Fsp3) is 0.333. The predicted octanol–water partition coefficient (Wildman–Crippen LogP) is 3.32. The Hall–Kier alpha value is -1.88. The number of thiophene rings is 1. The van der Waals surface area contributed by atoms with Crippen molar-refractivity contribution in [1.82, 2.24) is 0 Å². The van der Waals surface area contributed by atoms with E-state index in [1.807, 2.05) is 6.07 Å². The third kappa shape index (κ3) is 2.41. The molecule has 2 N–H and O–H groups in total. The van der Waals surface area contributed by atoms with Gasteiger partial charge in [-0.15, -0.1) is 11.3 Å². The van der Waals surface area contributed by atoms with Crippen LogP contribution in [0.1, 0.15) is 39.9 Å². The van der Waals surface area contributed by atoms with Gasteiger partial charge in [0.1, 0.15) is 10.8 Å². The molecule has 0 aliphatic heterocycles. The van der Waals surface area contributed by atoms with Crippen molar-refractivity contribution in [3.8, 4) is 0 Å². The summed E-state index contributed by atoms with van der Waals surface area (Å²) in [6, 6.07) is 3.63. The molecule has 1 aliphatic carbocycles. The van der Waals surface area contributed by atoms with Gasteiger partial charge in [0.05, 0.1) is 18.0 Å². The lowest BCUT2D eigenvalue weighted by atomic mass is 9.88. The van der Waals surface area contributed by atoms with E-state index in [0.717, 1.165) is 24.8 Å². The second-order valence-electron chi connectivity index (χ2n) is 5.17. The Bertz CT molecular complexity index is 656. The molecule has 5 heteroatoms. The molecule has 4 nitrogen and oxygen atoms in total. The quantitative estimate of drug-likeness (QED) is 0.880. The summed E-state index contributed by atoms with van der Waals surface area (Å²) in [5, 5.41) is 0.702. The third-order valence-electron chi connectivity index (χ3n) is 3.59. The molecule has 1 amide bonds. The van der Waals surface area contributed by atoms with Crippen molar-refractivity contribution >= 4 is 28.5 Å². The van der Waals surface area contributed by atoms with Crippen LogP contribution < -0.4 is 5.73 Å². The molecule has 2 heterocycles. The van der Waals surface area contributed by atoms with E-state index in [4.69, 9.17) is 10.2 Å².